The first-order valence-electron chi connectivity index (χ1n) is 4.84. The highest BCUT2D eigenvalue weighted by Gasteiger charge is 2.05. The molecule has 4 nitrogen and oxygen atoms in total. The molecule has 0 aliphatic carbocycles. The van der Waals surface area contributed by atoms with Gasteiger partial charge in [-0.25, -0.2) is 4.98 Å². The maximum Gasteiger partial charge on any atom is 0.180 e. The largest absolute Gasteiger partial charge is 0.324 e. The average Bonchev–Trinajstić information content (AvgIpc) is 2.65. The van der Waals surface area contributed by atoms with Crippen molar-refractivity contribution in [3.8, 4) is 0 Å². The van der Waals surface area contributed by atoms with Crippen LogP contribution in [-0.2, 0) is 0 Å². The summed E-state index contributed by atoms with van der Waals surface area (Å²) in [7, 11) is 0. The third-order valence-corrected chi connectivity index (χ3v) is 3.82. The van der Waals surface area contributed by atoms with Crippen molar-refractivity contribution in [2.75, 3.05) is 0 Å². The summed E-state index contributed by atoms with van der Waals surface area (Å²) in [5.41, 5.74) is 6.79. The molecule has 1 atom stereocenters. The van der Waals surface area contributed by atoms with Crippen LogP contribution in [0, 0.1) is 6.92 Å². The predicted octanol–water partition coefficient (Wildman–Crippen LogP) is 2.41. The molecule has 2 N–H and O–H groups in total. The van der Waals surface area contributed by atoms with Crippen molar-refractivity contribution in [3.63, 3.8) is 0 Å². The highest BCUT2D eigenvalue weighted by Crippen LogP contribution is 2.28. The highest BCUT2D eigenvalue weighted by molar-refractivity contribution is 8.01. The van der Waals surface area contributed by atoms with Crippen LogP contribution < -0.4 is 5.73 Å². The third kappa shape index (κ3) is 2.78. The molecule has 0 fully saturated rings. The first kappa shape index (κ1) is 11.5. The van der Waals surface area contributed by atoms with Gasteiger partial charge in [0, 0.05) is 12.2 Å². The van der Waals surface area contributed by atoms with Gasteiger partial charge < -0.3 is 5.73 Å². The molecule has 0 aliphatic heterocycles. The van der Waals surface area contributed by atoms with Crippen molar-refractivity contribution < 1.29 is 0 Å². The lowest BCUT2D eigenvalue weighted by Gasteiger charge is -2.04. The molecule has 2 aromatic heterocycles. The van der Waals surface area contributed by atoms with Gasteiger partial charge in [0.05, 0.1) is 0 Å². The van der Waals surface area contributed by atoms with Gasteiger partial charge in [-0.05, 0) is 37.2 Å². The Kier molecular flexibility index (Phi) is 3.52. The smallest absolute Gasteiger partial charge is 0.180 e. The van der Waals surface area contributed by atoms with Gasteiger partial charge in [0.2, 0.25) is 0 Å². The lowest BCUT2D eigenvalue weighted by atomic mass is 10.2. The Bertz CT molecular complexity index is 464. The SMILES string of the molecule is Cc1nnc(Sc2ccc([C@H](C)N)cn2)s1. The second kappa shape index (κ2) is 4.90. The Balaban J connectivity index is 2.11. The Morgan fingerprint density at radius 2 is 2.19 bits per heavy atom. The van der Waals surface area contributed by atoms with E-state index in [1.807, 2.05) is 26.0 Å². The second-order valence-electron chi connectivity index (χ2n) is 3.41. The van der Waals surface area contributed by atoms with E-state index in [0.29, 0.717) is 0 Å². The van der Waals surface area contributed by atoms with Crippen LogP contribution in [0.1, 0.15) is 23.5 Å². The topological polar surface area (TPSA) is 64.7 Å². The minimum absolute atomic E-state index is 0.0234. The normalized spacial score (nSPS) is 12.7. The summed E-state index contributed by atoms with van der Waals surface area (Å²) < 4.78 is 0.915. The van der Waals surface area contributed by atoms with Gasteiger partial charge in [0.1, 0.15) is 10.0 Å². The highest BCUT2D eigenvalue weighted by atomic mass is 32.2. The summed E-state index contributed by atoms with van der Waals surface area (Å²) in [5, 5.41) is 9.88. The van der Waals surface area contributed by atoms with Crippen molar-refractivity contribution in [2.45, 2.75) is 29.3 Å². The fourth-order valence-electron chi connectivity index (χ4n) is 1.13. The molecule has 84 valence electrons. The molecule has 0 saturated carbocycles. The van der Waals surface area contributed by atoms with Crippen LogP contribution >= 0.6 is 23.1 Å². The van der Waals surface area contributed by atoms with Crippen LogP contribution in [0.2, 0.25) is 0 Å². The lowest BCUT2D eigenvalue weighted by Crippen LogP contribution is -2.04. The van der Waals surface area contributed by atoms with E-state index < -0.39 is 0 Å². The number of aryl methyl sites for hydroxylation is 1. The van der Waals surface area contributed by atoms with Crippen LogP contribution in [0.3, 0.4) is 0 Å². The minimum atomic E-state index is 0.0234. The van der Waals surface area contributed by atoms with E-state index in [0.717, 1.165) is 19.9 Å². The summed E-state index contributed by atoms with van der Waals surface area (Å²) >= 11 is 3.09. The van der Waals surface area contributed by atoms with Gasteiger partial charge in [0.25, 0.3) is 0 Å². The molecular weight excluding hydrogens is 240 g/mol. The Hall–Kier alpha value is -0.980. The van der Waals surface area contributed by atoms with E-state index >= 15 is 0 Å². The van der Waals surface area contributed by atoms with Crippen molar-refractivity contribution in [1.29, 1.82) is 0 Å². The lowest BCUT2D eigenvalue weighted by molar-refractivity contribution is 0.806. The quantitative estimate of drug-likeness (QED) is 0.908. The van der Waals surface area contributed by atoms with E-state index in [-0.39, 0.29) is 6.04 Å². The zero-order valence-corrected chi connectivity index (χ0v) is 10.7. The average molecular weight is 252 g/mol. The van der Waals surface area contributed by atoms with Crippen molar-refractivity contribution >= 4 is 23.1 Å². The van der Waals surface area contributed by atoms with Crippen LogP contribution in [-0.4, -0.2) is 15.2 Å². The maximum absolute atomic E-state index is 5.75. The first-order valence-corrected chi connectivity index (χ1v) is 6.48. The Morgan fingerprint density at radius 1 is 1.38 bits per heavy atom. The summed E-state index contributed by atoms with van der Waals surface area (Å²) in [6, 6.07) is 3.98. The molecule has 0 bridgehead atoms. The van der Waals surface area contributed by atoms with Crippen LogP contribution in [0.15, 0.2) is 27.7 Å². The minimum Gasteiger partial charge on any atom is -0.324 e. The number of pyridine rings is 1. The summed E-state index contributed by atoms with van der Waals surface area (Å²) in [4.78, 5) is 4.33. The first-order chi connectivity index (χ1) is 7.65. The number of hydrogen-bond donors (Lipinski definition) is 1. The number of nitrogens with zero attached hydrogens (tertiary/aromatic N) is 3. The molecule has 0 unspecified atom stereocenters. The monoisotopic (exact) mass is 252 g/mol. The van der Waals surface area contributed by atoms with E-state index in [1.54, 1.807) is 17.5 Å². The second-order valence-corrected chi connectivity index (χ2v) is 5.86. The Morgan fingerprint density at radius 3 is 2.69 bits per heavy atom. The predicted molar refractivity (Wildman–Crippen MR) is 65.6 cm³/mol. The summed E-state index contributed by atoms with van der Waals surface area (Å²) in [6.07, 6.45) is 1.81. The van der Waals surface area contributed by atoms with Gasteiger partial charge >= 0.3 is 0 Å². The molecular formula is C10H12N4S2. The fraction of sp³-hybridized carbons (Fsp3) is 0.300. The number of rotatable bonds is 3. The van der Waals surface area contributed by atoms with E-state index in [4.69, 9.17) is 5.73 Å². The molecule has 0 radical (unpaired) electrons. The standard InChI is InChI=1S/C10H12N4S2/c1-6(11)8-3-4-9(12-5-8)16-10-14-13-7(2)15-10/h3-6H,11H2,1-2H3/t6-/m0/s1. The van der Waals surface area contributed by atoms with Crippen molar-refractivity contribution in [1.82, 2.24) is 15.2 Å². The third-order valence-electron chi connectivity index (χ3n) is 1.98. The number of aromatic nitrogens is 3. The zero-order chi connectivity index (χ0) is 11.5. The van der Waals surface area contributed by atoms with Gasteiger partial charge in [-0.15, -0.1) is 10.2 Å². The summed E-state index contributed by atoms with van der Waals surface area (Å²) in [5.74, 6) is 0. The van der Waals surface area contributed by atoms with Gasteiger partial charge in [-0.1, -0.05) is 17.4 Å². The molecule has 0 spiro atoms. The van der Waals surface area contributed by atoms with Crippen LogP contribution in [0.4, 0.5) is 0 Å². The molecule has 6 heteroatoms. The molecule has 0 amide bonds. The van der Waals surface area contributed by atoms with Crippen molar-refractivity contribution in [3.05, 3.63) is 28.9 Å². The van der Waals surface area contributed by atoms with E-state index in [1.165, 1.54) is 11.8 Å². The number of hydrogen-bond acceptors (Lipinski definition) is 6. The molecule has 2 heterocycles. The van der Waals surface area contributed by atoms with E-state index in [9.17, 15) is 0 Å². The van der Waals surface area contributed by atoms with Gasteiger partial charge in [-0.3, -0.25) is 0 Å². The Labute approximate surface area is 102 Å². The number of nitrogens with two attached hydrogens (primary N) is 1. The zero-order valence-electron chi connectivity index (χ0n) is 9.04. The van der Waals surface area contributed by atoms with Crippen LogP contribution in [0.25, 0.3) is 0 Å². The molecule has 16 heavy (non-hydrogen) atoms. The maximum atomic E-state index is 5.75. The van der Waals surface area contributed by atoms with Crippen molar-refractivity contribution in [2.24, 2.45) is 5.73 Å². The molecule has 0 aromatic carbocycles. The molecule has 2 aromatic rings. The van der Waals surface area contributed by atoms with Gasteiger partial charge in [0.15, 0.2) is 4.34 Å². The molecule has 2 rings (SSSR count). The van der Waals surface area contributed by atoms with E-state index in [2.05, 4.69) is 15.2 Å². The fourth-order valence-corrected chi connectivity index (χ4v) is 2.83. The molecule has 0 aliphatic rings. The van der Waals surface area contributed by atoms with Gasteiger partial charge in [-0.2, -0.15) is 0 Å². The molecule has 0 saturated heterocycles. The summed E-state index contributed by atoms with van der Waals surface area (Å²) in [6.45, 7) is 3.88. The van der Waals surface area contributed by atoms with Crippen LogP contribution in [0.5, 0.6) is 0 Å².